The lowest BCUT2D eigenvalue weighted by Crippen LogP contribution is -2.15. The van der Waals surface area contributed by atoms with Crippen LogP contribution in [0, 0.1) is 5.92 Å². The van der Waals surface area contributed by atoms with Gasteiger partial charge in [-0.1, -0.05) is 19.9 Å². The average molecular weight is 514 g/mol. The largest absolute Gasteiger partial charge is 0.493 e. The molecule has 0 unspecified atom stereocenters. The van der Waals surface area contributed by atoms with E-state index < -0.39 is 15.4 Å². The maximum atomic E-state index is 12.3. The van der Waals surface area contributed by atoms with Gasteiger partial charge in [-0.05, 0) is 25.8 Å². The number of hydrogen-bond donors (Lipinski definition) is 3. The molecule has 3 aromatic heterocycles. The maximum Gasteiger partial charge on any atom is 0.222 e. The summed E-state index contributed by atoms with van der Waals surface area (Å²) in [4.78, 5) is 24.6. The molecule has 192 valence electrons. The molecule has 0 saturated carbocycles. The van der Waals surface area contributed by atoms with E-state index in [1.54, 1.807) is 44.3 Å². The zero-order chi connectivity index (χ0) is 26.7. The Kier molecular flexibility index (Phi) is 7.95. The topological polar surface area (TPSA) is 143 Å². The van der Waals surface area contributed by atoms with Gasteiger partial charge in [0, 0.05) is 54.9 Å². The number of ether oxygens (including phenoxy) is 1. The fraction of sp³-hybridized carbons (Fsp3) is 0.360. The summed E-state index contributed by atoms with van der Waals surface area (Å²) in [6, 6.07) is 8.09. The van der Waals surface area contributed by atoms with Crippen LogP contribution >= 0.6 is 0 Å². The second-order valence-electron chi connectivity index (χ2n) is 9.42. The third-order valence-electron chi connectivity index (χ3n) is 4.96. The zero-order valence-electron chi connectivity index (χ0n) is 21.2. The van der Waals surface area contributed by atoms with Crippen molar-refractivity contribution in [2.24, 2.45) is 5.92 Å². The molecule has 0 aliphatic carbocycles. The Hall–Kier alpha value is -3.57. The number of aliphatic hydroxyl groups is 1. The van der Waals surface area contributed by atoms with Crippen molar-refractivity contribution in [2.45, 2.75) is 45.2 Å². The van der Waals surface area contributed by atoms with Gasteiger partial charge in [0.15, 0.2) is 14.9 Å². The number of nitrogens with zero attached hydrogens (tertiary/aromatic N) is 3. The van der Waals surface area contributed by atoms with Gasteiger partial charge in [-0.2, -0.15) is 0 Å². The Balaban J connectivity index is 2.09. The SMILES string of the molecule is CC(=O)Nc1cc(Nc2cc(OCC(C)C)cc(S(C)(=O)=O)n2)c(-c2ccc(C(C)(C)O)cn2)cn1. The first-order chi connectivity index (χ1) is 16.7. The van der Waals surface area contributed by atoms with Gasteiger partial charge in [0.05, 0.1) is 23.6 Å². The fourth-order valence-electron chi connectivity index (χ4n) is 3.15. The third-order valence-corrected chi connectivity index (χ3v) is 5.92. The molecule has 0 aromatic carbocycles. The Labute approximate surface area is 211 Å². The lowest BCUT2D eigenvalue weighted by molar-refractivity contribution is -0.114. The van der Waals surface area contributed by atoms with Crippen LogP contribution in [-0.2, 0) is 20.2 Å². The highest BCUT2D eigenvalue weighted by molar-refractivity contribution is 7.90. The van der Waals surface area contributed by atoms with Crippen LogP contribution in [-0.4, -0.2) is 47.2 Å². The molecule has 0 aliphatic rings. The number of pyridine rings is 3. The first-order valence-corrected chi connectivity index (χ1v) is 13.2. The van der Waals surface area contributed by atoms with Crippen LogP contribution in [0.1, 0.15) is 40.2 Å². The Morgan fingerprint density at radius 1 is 1.11 bits per heavy atom. The van der Waals surface area contributed by atoms with E-state index in [-0.39, 0.29) is 28.5 Å². The second-order valence-corrected chi connectivity index (χ2v) is 11.4. The maximum absolute atomic E-state index is 12.3. The summed E-state index contributed by atoms with van der Waals surface area (Å²) in [5.41, 5.74) is 1.18. The van der Waals surface area contributed by atoms with Gasteiger partial charge in [0.1, 0.15) is 17.4 Å². The first kappa shape index (κ1) is 27.0. The molecule has 3 rings (SSSR count). The van der Waals surface area contributed by atoms with Gasteiger partial charge >= 0.3 is 0 Å². The minimum absolute atomic E-state index is 0.142. The van der Waals surface area contributed by atoms with E-state index in [4.69, 9.17) is 4.74 Å². The van der Waals surface area contributed by atoms with E-state index in [0.29, 0.717) is 34.9 Å². The average Bonchev–Trinajstić information content (AvgIpc) is 2.76. The molecule has 11 heteroatoms. The minimum atomic E-state index is -3.62. The number of sulfone groups is 1. The summed E-state index contributed by atoms with van der Waals surface area (Å²) in [6.45, 7) is 9.08. The number of aromatic nitrogens is 3. The van der Waals surface area contributed by atoms with Crippen molar-refractivity contribution < 1.29 is 23.1 Å². The highest BCUT2D eigenvalue weighted by Gasteiger charge is 2.19. The Bertz CT molecular complexity index is 1350. The van der Waals surface area contributed by atoms with E-state index in [1.807, 2.05) is 13.8 Å². The molecule has 0 saturated heterocycles. The van der Waals surface area contributed by atoms with Crippen LogP contribution in [0.3, 0.4) is 0 Å². The number of rotatable bonds is 9. The van der Waals surface area contributed by atoms with Crippen molar-refractivity contribution in [2.75, 3.05) is 23.5 Å². The molecule has 0 atom stereocenters. The first-order valence-electron chi connectivity index (χ1n) is 11.3. The van der Waals surface area contributed by atoms with Crippen molar-refractivity contribution in [3.8, 4) is 17.0 Å². The quantitative estimate of drug-likeness (QED) is 0.388. The molecule has 0 spiro atoms. The van der Waals surface area contributed by atoms with Gasteiger partial charge < -0.3 is 20.5 Å². The summed E-state index contributed by atoms with van der Waals surface area (Å²) in [6.07, 6.45) is 4.18. The molecule has 36 heavy (non-hydrogen) atoms. The van der Waals surface area contributed by atoms with Gasteiger partial charge in [-0.3, -0.25) is 9.78 Å². The van der Waals surface area contributed by atoms with E-state index in [9.17, 15) is 18.3 Å². The van der Waals surface area contributed by atoms with Gasteiger partial charge in [0.2, 0.25) is 5.91 Å². The van der Waals surface area contributed by atoms with Gasteiger partial charge in [-0.25, -0.2) is 18.4 Å². The third kappa shape index (κ3) is 7.22. The van der Waals surface area contributed by atoms with E-state index in [0.717, 1.165) is 6.26 Å². The number of hydrogen-bond acceptors (Lipinski definition) is 9. The van der Waals surface area contributed by atoms with Gasteiger partial charge in [0.25, 0.3) is 0 Å². The molecule has 0 aliphatic heterocycles. The van der Waals surface area contributed by atoms with Crippen molar-refractivity contribution in [3.05, 3.63) is 48.3 Å². The molecular weight excluding hydrogens is 482 g/mol. The predicted octanol–water partition coefficient (Wildman–Crippen LogP) is 3.91. The fourth-order valence-corrected chi connectivity index (χ4v) is 3.74. The number of carbonyl (C=O) groups excluding carboxylic acids is 1. The van der Waals surface area contributed by atoms with Crippen molar-refractivity contribution >= 4 is 33.1 Å². The highest BCUT2D eigenvalue weighted by atomic mass is 32.2. The summed E-state index contributed by atoms with van der Waals surface area (Å²) < 4.78 is 30.3. The second kappa shape index (κ2) is 10.6. The molecule has 1 amide bonds. The van der Waals surface area contributed by atoms with Crippen molar-refractivity contribution in [3.63, 3.8) is 0 Å². The van der Waals surface area contributed by atoms with Crippen LogP contribution in [0.25, 0.3) is 11.3 Å². The molecule has 0 bridgehead atoms. The van der Waals surface area contributed by atoms with E-state index in [1.165, 1.54) is 19.2 Å². The standard InChI is InChI=1S/C25H31N5O5S/c1-15(2)14-35-18-9-23(30-24(10-18)36(6,33)34)29-21-11-22(28-16(3)31)27-13-19(21)20-8-7-17(12-26-20)25(4,5)32/h7-13,15,32H,14H2,1-6H3,(H2,27,28,29,30,31). The normalized spacial score (nSPS) is 11.9. The highest BCUT2D eigenvalue weighted by Crippen LogP contribution is 2.32. The molecule has 3 aromatic rings. The summed E-state index contributed by atoms with van der Waals surface area (Å²) in [5.74, 6) is 0.812. The summed E-state index contributed by atoms with van der Waals surface area (Å²) >= 11 is 0. The number of carbonyl (C=O) groups is 1. The lowest BCUT2D eigenvalue weighted by Gasteiger charge is -2.18. The summed E-state index contributed by atoms with van der Waals surface area (Å²) in [7, 11) is -3.62. The monoisotopic (exact) mass is 513 g/mol. The van der Waals surface area contributed by atoms with Crippen molar-refractivity contribution in [1.82, 2.24) is 15.0 Å². The Morgan fingerprint density at radius 3 is 2.39 bits per heavy atom. The molecule has 0 fully saturated rings. The van der Waals surface area contributed by atoms with Crippen LogP contribution < -0.4 is 15.4 Å². The molecule has 0 radical (unpaired) electrons. The smallest absolute Gasteiger partial charge is 0.222 e. The number of amides is 1. The van der Waals surface area contributed by atoms with Crippen LogP contribution in [0.5, 0.6) is 5.75 Å². The Morgan fingerprint density at radius 2 is 1.83 bits per heavy atom. The molecule has 3 heterocycles. The minimum Gasteiger partial charge on any atom is -0.493 e. The van der Waals surface area contributed by atoms with E-state index in [2.05, 4.69) is 25.6 Å². The van der Waals surface area contributed by atoms with Gasteiger partial charge in [-0.15, -0.1) is 0 Å². The van der Waals surface area contributed by atoms with Crippen LogP contribution in [0.4, 0.5) is 17.3 Å². The molecule has 10 nitrogen and oxygen atoms in total. The number of anilines is 3. The van der Waals surface area contributed by atoms with Crippen LogP contribution in [0.2, 0.25) is 0 Å². The summed E-state index contributed by atoms with van der Waals surface area (Å²) in [5, 5.41) is 15.9. The lowest BCUT2D eigenvalue weighted by atomic mass is 9.99. The predicted molar refractivity (Wildman–Crippen MR) is 138 cm³/mol. The molecule has 3 N–H and O–H groups in total. The van der Waals surface area contributed by atoms with Crippen molar-refractivity contribution in [1.29, 1.82) is 0 Å². The zero-order valence-corrected chi connectivity index (χ0v) is 22.0. The van der Waals surface area contributed by atoms with Crippen LogP contribution in [0.15, 0.2) is 47.8 Å². The molecular formula is C25H31N5O5S. The number of nitrogens with one attached hydrogen (secondary N) is 2. The van der Waals surface area contributed by atoms with E-state index >= 15 is 0 Å².